The molecule has 3 nitrogen and oxygen atoms in total. The van der Waals surface area contributed by atoms with Gasteiger partial charge in [0.15, 0.2) is 0 Å². The van der Waals surface area contributed by atoms with E-state index in [-0.39, 0.29) is 0 Å². The lowest BCUT2D eigenvalue weighted by molar-refractivity contribution is 1.14. The highest BCUT2D eigenvalue weighted by molar-refractivity contribution is 9.10. The second-order valence-electron chi connectivity index (χ2n) is 4.70. The van der Waals surface area contributed by atoms with Crippen molar-refractivity contribution in [1.29, 1.82) is 0 Å². The molecule has 106 valence electrons. The van der Waals surface area contributed by atoms with Crippen molar-refractivity contribution < 1.29 is 0 Å². The summed E-state index contributed by atoms with van der Waals surface area (Å²) in [6, 6.07) is 14.0. The van der Waals surface area contributed by atoms with E-state index < -0.39 is 0 Å². The first-order valence-corrected chi connectivity index (χ1v) is 8.05. The predicted molar refractivity (Wildman–Crippen MR) is 95.3 cm³/mol. The second kappa shape index (κ2) is 6.03. The van der Waals surface area contributed by atoms with Gasteiger partial charge < -0.3 is 11.1 Å². The van der Waals surface area contributed by atoms with Crippen LogP contribution in [0.15, 0.2) is 57.6 Å². The number of anilines is 2. The highest BCUT2D eigenvalue weighted by atomic mass is 79.9. The average molecular weight is 407 g/mol. The van der Waals surface area contributed by atoms with Crippen LogP contribution in [0.4, 0.5) is 11.4 Å². The number of nitrogen functional groups attached to an aromatic ring is 1. The molecule has 0 amide bonds. The number of nitrogens with one attached hydrogen (secondary N) is 1. The van der Waals surface area contributed by atoms with Crippen LogP contribution in [0.5, 0.6) is 0 Å². The summed E-state index contributed by atoms with van der Waals surface area (Å²) in [6.07, 6.45) is 1.78. The summed E-state index contributed by atoms with van der Waals surface area (Å²) in [5.41, 5.74) is 9.80. The van der Waals surface area contributed by atoms with Crippen LogP contribution in [0.3, 0.4) is 0 Å². The molecule has 3 rings (SSSR count). The molecule has 3 aromatic rings. The van der Waals surface area contributed by atoms with Crippen LogP contribution in [0.2, 0.25) is 0 Å². The molecule has 0 unspecified atom stereocenters. The highest BCUT2D eigenvalue weighted by Gasteiger charge is 2.07. The van der Waals surface area contributed by atoms with Crippen LogP contribution in [-0.2, 0) is 6.54 Å². The third-order valence-electron chi connectivity index (χ3n) is 3.28. The van der Waals surface area contributed by atoms with Gasteiger partial charge in [-0.05, 0) is 45.8 Å². The Morgan fingerprint density at radius 2 is 1.90 bits per heavy atom. The van der Waals surface area contributed by atoms with Gasteiger partial charge in [0.1, 0.15) is 0 Å². The topological polar surface area (TPSA) is 50.9 Å². The fourth-order valence-electron chi connectivity index (χ4n) is 2.19. The Balaban J connectivity index is 1.95. The summed E-state index contributed by atoms with van der Waals surface area (Å²) in [5, 5.41) is 4.37. The number of pyridine rings is 1. The minimum Gasteiger partial charge on any atom is -0.398 e. The van der Waals surface area contributed by atoms with E-state index in [9.17, 15) is 0 Å². The van der Waals surface area contributed by atoms with Crippen LogP contribution in [0, 0.1) is 0 Å². The molecule has 0 saturated carbocycles. The first-order chi connectivity index (χ1) is 10.1. The molecule has 5 heteroatoms. The number of hydrogen-bond donors (Lipinski definition) is 2. The first kappa shape index (κ1) is 14.4. The Morgan fingerprint density at radius 1 is 1.10 bits per heavy atom. The zero-order chi connectivity index (χ0) is 14.8. The summed E-state index contributed by atoms with van der Waals surface area (Å²) in [4.78, 5) is 4.48. The number of aromatic nitrogens is 1. The number of fused-ring (bicyclic) bond motifs is 1. The Morgan fingerprint density at radius 3 is 2.71 bits per heavy atom. The molecule has 0 spiro atoms. The predicted octanol–water partition coefficient (Wildman–Crippen LogP) is 4.95. The molecule has 21 heavy (non-hydrogen) atoms. The zero-order valence-corrected chi connectivity index (χ0v) is 14.3. The lowest BCUT2D eigenvalue weighted by Gasteiger charge is -2.12. The van der Waals surface area contributed by atoms with Crippen LogP contribution < -0.4 is 11.1 Å². The van der Waals surface area contributed by atoms with E-state index in [1.165, 1.54) is 5.56 Å². The molecule has 1 heterocycles. The number of nitrogens with zero attached hydrogens (tertiary/aromatic N) is 1. The zero-order valence-electron chi connectivity index (χ0n) is 11.1. The van der Waals surface area contributed by atoms with Gasteiger partial charge in [-0.3, -0.25) is 4.98 Å². The Hall–Kier alpha value is -1.59. The van der Waals surface area contributed by atoms with Crippen LogP contribution in [0.25, 0.3) is 10.9 Å². The van der Waals surface area contributed by atoms with E-state index in [1.54, 1.807) is 6.20 Å². The summed E-state index contributed by atoms with van der Waals surface area (Å²) < 4.78 is 2.01. The molecular weight excluding hydrogens is 394 g/mol. The molecule has 2 aromatic carbocycles. The van der Waals surface area contributed by atoms with Crippen molar-refractivity contribution in [1.82, 2.24) is 4.98 Å². The Bertz CT molecular complexity index is 803. The maximum atomic E-state index is 6.03. The molecule has 0 saturated heterocycles. The van der Waals surface area contributed by atoms with E-state index in [2.05, 4.69) is 48.2 Å². The molecule has 1 aromatic heterocycles. The molecule has 0 fully saturated rings. The van der Waals surface area contributed by atoms with Gasteiger partial charge in [0.05, 0.1) is 11.2 Å². The first-order valence-electron chi connectivity index (χ1n) is 6.46. The maximum absolute atomic E-state index is 6.03. The molecule has 0 aliphatic heterocycles. The number of rotatable bonds is 3. The minimum atomic E-state index is 0.720. The Kier molecular flexibility index (Phi) is 4.12. The van der Waals surface area contributed by atoms with Gasteiger partial charge in [-0.1, -0.05) is 34.1 Å². The van der Waals surface area contributed by atoms with Gasteiger partial charge in [-0.25, -0.2) is 0 Å². The normalized spacial score (nSPS) is 10.8. The van der Waals surface area contributed by atoms with Gasteiger partial charge in [0.2, 0.25) is 0 Å². The highest BCUT2D eigenvalue weighted by Crippen LogP contribution is 2.29. The van der Waals surface area contributed by atoms with Crippen molar-refractivity contribution in [2.75, 3.05) is 11.1 Å². The molecule has 3 N–H and O–H groups in total. The summed E-state index contributed by atoms with van der Waals surface area (Å²) in [6.45, 7) is 0.720. The fourth-order valence-corrected chi connectivity index (χ4v) is 2.95. The maximum Gasteiger partial charge on any atom is 0.0954 e. The summed E-state index contributed by atoms with van der Waals surface area (Å²) >= 11 is 6.99. The third-order valence-corrected chi connectivity index (χ3v) is 4.48. The molecule has 0 aliphatic carbocycles. The van der Waals surface area contributed by atoms with Crippen LogP contribution in [0.1, 0.15) is 5.56 Å². The van der Waals surface area contributed by atoms with Crippen molar-refractivity contribution >= 4 is 54.1 Å². The van der Waals surface area contributed by atoms with Crippen molar-refractivity contribution in [3.63, 3.8) is 0 Å². The lowest BCUT2D eigenvalue weighted by atomic mass is 10.1. The summed E-state index contributed by atoms with van der Waals surface area (Å²) in [5.74, 6) is 0. The van der Waals surface area contributed by atoms with Gasteiger partial charge in [0, 0.05) is 32.8 Å². The van der Waals surface area contributed by atoms with E-state index in [0.717, 1.165) is 37.8 Å². The second-order valence-corrected chi connectivity index (χ2v) is 6.47. The van der Waals surface area contributed by atoms with E-state index >= 15 is 0 Å². The monoisotopic (exact) mass is 405 g/mol. The van der Waals surface area contributed by atoms with E-state index in [4.69, 9.17) is 5.73 Å². The van der Waals surface area contributed by atoms with Crippen molar-refractivity contribution in [2.24, 2.45) is 0 Å². The van der Waals surface area contributed by atoms with Crippen LogP contribution >= 0.6 is 31.9 Å². The smallest absolute Gasteiger partial charge is 0.0954 e. The van der Waals surface area contributed by atoms with Gasteiger partial charge >= 0.3 is 0 Å². The number of hydrogen-bond acceptors (Lipinski definition) is 3. The minimum absolute atomic E-state index is 0.720. The standard InChI is InChI=1S/C16H13Br2N3/c17-11-7-12-14(19)5-6-15(16(12)21-9-11)20-8-10-3-1-2-4-13(10)18/h1-7,9,20H,8,19H2. The quantitative estimate of drug-likeness (QED) is 0.604. The number of benzene rings is 2. The average Bonchev–Trinajstić information content (AvgIpc) is 2.48. The van der Waals surface area contributed by atoms with E-state index in [0.29, 0.717) is 0 Å². The molecule has 0 atom stereocenters. The Labute approximate surface area is 139 Å². The lowest BCUT2D eigenvalue weighted by Crippen LogP contribution is -2.02. The molecule has 0 radical (unpaired) electrons. The summed E-state index contributed by atoms with van der Waals surface area (Å²) in [7, 11) is 0. The fraction of sp³-hybridized carbons (Fsp3) is 0.0625. The van der Waals surface area contributed by atoms with Gasteiger partial charge in [-0.15, -0.1) is 0 Å². The van der Waals surface area contributed by atoms with Gasteiger partial charge in [0.25, 0.3) is 0 Å². The van der Waals surface area contributed by atoms with Crippen molar-refractivity contribution in [2.45, 2.75) is 6.54 Å². The molecular formula is C16H13Br2N3. The van der Waals surface area contributed by atoms with Crippen molar-refractivity contribution in [3.8, 4) is 0 Å². The SMILES string of the molecule is Nc1ccc(NCc2ccccc2Br)c2ncc(Br)cc12. The van der Waals surface area contributed by atoms with E-state index in [1.807, 2.05) is 36.4 Å². The van der Waals surface area contributed by atoms with Crippen molar-refractivity contribution in [3.05, 3.63) is 63.2 Å². The molecule has 0 aliphatic rings. The van der Waals surface area contributed by atoms with Gasteiger partial charge in [-0.2, -0.15) is 0 Å². The third kappa shape index (κ3) is 3.04. The number of halogens is 2. The largest absolute Gasteiger partial charge is 0.398 e. The number of nitrogens with two attached hydrogens (primary N) is 1. The van der Waals surface area contributed by atoms with Crippen LogP contribution in [-0.4, -0.2) is 4.98 Å². The molecule has 0 bridgehead atoms.